The Morgan fingerprint density at radius 2 is 2.00 bits per heavy atom. The zero-order valence-electron chi connectivity index (χ0n) is 13.5. The molecule has 1 aliphatic rings. The maximum absolute atomic E-state index is 5.77. The third-order valence-electron chi connectivity index (χ3n) is 4.13. The van der Waals surface area contributed by atoms with Crippen LogP contribution in [0.4, 0.5) is 0 Å². The molecule has 1 heterocycles. The predicted octanol–water partition coefficient (Wildman–Crippen LogP) is 2.90. The molecule has 19 heavy (non-hydrogen) atoms. The summed E-state index contributed by atoms with van der Waals surface area (Å²) in [5.41, 5.74) is 0. The molecule has 114 valence electrons. The molecule has 0 aromatic heterocycles. The van der Waals surface area contributed by atoms with Gasteiger partial charge in [-0.3, -0.25) is 4.90 Å². The Labute approximate surface area is 120 Å². The lowest BCUT2D eigenvalue weighted by molar-refractivity contribution is 0.0574. The first-order chi connectivity index (χ1) is 9.15. The smallest absolute Gasteiger partial charge is 0.0593 e. The first-order valence-corrected chi connectivity index (χ1v) is 8.20. The van der Waals surface area contributed by atoms with Crippen LogP contribution in [0.2, 0.25) is 0 Å². The molecule has 0 aliphatic carbocycles. The second-order valence-corrected chi connectivity index (χ2v) is 6.24. The Morgan fingerprint density at radius 3 is 2.68 bits per heavy atom. The summed E-state index contributed by atoms with van der Waals surface area (Å²) in [6.07, 6.45) is 5.24. The van der Waals surface area contributed by atoms with E-state index in [9.17, 15) is 0 Å². The summed E-state index contributed by atoms with van der Waals surface area (Å²) < 4.78 is 5.77. The maximum Gasteiger partial charge on any atom is 0.0593 e. The highest BCUT2D eigenvalue weighted by atomic mass is 16.5. The fraction of sp³-hybridized carbons (Fsp3) is 1.00. The van der Waals surface area contributed by atoms with Gasteiger partial charge in [0.2, 0.25) is 0 Å². The molecule has 0 radical (unpaired) electrons. The van der Waals surface area contributed by atoms with Gasteiger partial charge in [-0.25, -0.2) is 0 Å². The van der Waals surface area contributed by atoms with Crippen LogP contribution >= 0.6 is 0 Å². The topological polar surface area (TPSA) is 24.5 Å². The van der Waals surface area contributed by atoms with Crippen molar-refractivity contribution in [1.82, 2.24) is 10.2 Å². The predicted molar refractivity (Wildman–Crippen MR) is 82.6 cm³/mol. The highest BCUT2D eigenvalue weighted by Gasteiger charge is 2.26. The third-order valence-corrected chi connectivity index (χ3v) is 4.13. The fourth-order valence-corrected chi connectivity index (χ4v) is 2.92. The van der Waals surface area contributed by atoms with E-state index in [1.54, 1.807) is 0 Å². The minimum atomic E-state index is 0.598. The minimum Gasteiger partial charge on any atom is -0.380 e. The van der Waals surface area contributed by atoms with Crippen LogP contribution in [0.5, 0.6) is 0 Å². The van der Waals surface area contributed by atoms with Gasteiger partial charge in [-0.2, -0.15) is 0 Å². The van der Waals surface area contributed by atoms with E-state index < -0.39 is 0 Å². The monoisotopic (exact) mass is 270 g/mol. The van der Waals surface area contributed by atoms with Crippen LogP contribution < -0.4 is 5.32 Å². The number of piperidine rings is 1. The standard InChI is InChI=1S/C16H34N2O/c1-5-17-15(4)16-8-6-7-10-18(16)11-13-19-12-9-14(2)3/h14-17H,5-13H2,1-4H3. The van der Waals surface area contributed by atoms with Gasteiger partial charge in [0.25, 0.3) is 0 Å². The Hall–Kier alpha value is -0.120. The number of nitrogens with zero attached hydrogens (tertiary/aromatic N) is 1. The van der Waals surface area contributed by atoms with E-state index in [1.165, 1.54) is 32.2 Å². The number of nitrogens with one attached hydrogen (secondary N) is 1. The third kappa shape index (κ3) is 6.73. The summed E-state index contributed by atoms with van der Waals surface area (Å²) in [6, 6.07) is 1.29. The molecular weight excluding hydrogens is 236 g/mol. The largest absolute Gasteiger partial charge is 0.380 e. The molecule has 1 fully saturated rings. The van der Waals surface area contributed by atoms with Gasteiger partial charge in [-0.15, -0.1) is 0 Å². The normalized spacial score (nSPS) is 22.9. The molecule has 0 spiro atoms. The summed E-state index contributed by atoms with van der Waals surface area (Å²) in [4.78, 5) is 2.63. The van der Waals surface area contributed by atoms with Crippen LogP contribution in [0.1, 0.15) is 53.4 Å². The number of likely N-dealkylation sites (N-methyl/N-ethyl adjacent to an activating group) is 1. The molecule has 2 atom stereocenters. The molecule has 3 heteroatoms. The number of likely N-dealkylation sites (tertiary alicyclic amines) is 1. The van der Waals surface area contributed by atoms with Crippen LogP contribution in [0, 0.1) is 5.92 Å². The van der Waals surface area contributed by atoms with E-state index >= 15 is 0 Å². The summed E-state index contributed by atoms with van der Waals surface area (Å²) in [7, 11) is 0. The molecule has 1 rings (SSSR count). The molecule has 0 aromatic rings. The average molecular weight is 270 g/mol. The molecule has 0 bridgehead atoms. The molecular formula is C16H34N2O. The van der Waals surface area contributed by atoms with Crippen molar-refractivity contribution >= 4 is 0 Å². The van der Waals surface area contributed by atoms with Gasteiger partial charge in [0.1, 0.15) is 0 Å². The van der Waals surface area contributed by atoms with Crippen LogP contribution in [0.25, 0.3) is 0 Å². The number of rotatable bonds is 9. The van der Waals surface area contributed by atoms with Gasteiger partial charge in [0, 0.05) is 25.2 Å². The number of ether oxygens (including phenoxy) is 1. The van der Waals surface area contributed by atoms with Gasteiger partial charge >= 0.3 is 0 Å². The first-order valence-electron chi connectivity index (χ1n) is 8.20. The quantitative estimate of drug-likeness (QED) is 0.652. The van der Waals surface area contributed by atoms with E-state index in [0.29, 0.717) is 12.1 Å². The van der Waals surface area contributed by atoms with Crippen LogP contribution in [0.3, 0.4) is 0 Å². The van der Waals surface area contributed by atoms with E-state index in [2.05, 4.69) is 37.9 Å². The van der Waals surface area contributed by atoms with Crippen LogP contribution in [-0.4, -0.2) is 49.8 Å². The van der Waals surface area contributed by atoms with Crippen molar-refractivity contribution in [2.45, 2.75) is 65.5 Å². The molecule has 3 nitrogen and oxygen atoms in total. The summed E-state index contributed by atoms with van der Waals surface area (Å²) in [5, 5.41) is 3.58. The summed E-state index contributed by atoms with van der Waals surface area (Å²) >= 11 is 0. The van der Waals surface area contributed by atoms with Crippen molar-refractivity contribution in [2.24, 2.45) is 5.92 Å². The molecule has 0 aromatic carbocycles. The zero-order chi connectivity index (χ0) is 14.1. The SMILES string of the molecule is CCNC(C)C1CCCCN1CCOCCC(C)C. The van der Waals surface area contributed by atoms with Crippen molar-refractivity contribution < 1.29 is 4.74 Å². The lowest BCUT2D eigenvalue weighted by Crippen LogP contribution is -2.51. The number of hydrogen-bond donors (Lipinski definition) is 1. The average Bonchev–Trinajstić information content (AvgIpc) is 2.38. The fourth-order valence-electron chi connectivity index (χ4n) is 2.92. The summed E-state index contributed by atoms with van der Waals surface area (Å²) in [5.74, 6) is 0.747. The van der Waals surface area contributed by atoms with Gasteiger partial charge in [-0.1, -0.05) is 27.2 Å². The van der Waals surface area contributed by atoms with E-state index in [-0.39, 0.29) is 0 Å². The van der Waals surface area contributed by atoms with Crippen LogP contribution in [-0.2, 0) is 4.74 Å². The van der Waals surface area contributed by atoms with E-state index in [1.807, 2.05) is 0 Å². The second-order valence-electron chi connectivity index (χ2n) is 6.24. The Morgan fingerprint density at radius 1 is 1.21 bits per heavy atom. The lowest BCUT2D eigenvalue weighted by Gasteiger charge is -2.39. The van der Waals surface area contributed by atoms with Gasteiger partial charge in [0.05, 0.1) is 6.61 Å². The summed E-state index contributed by atoms with van der Waals surface area (Å²) in [6.45, 7) is 14.2. The molecule has 1 saturated heterocycles. The van der Waals surface area contributed by atoms with Crippen LogP contribution in [0.15, 0.2) is 0 Å². The van der Waals surface area contributed by atoms with Crippen molar-refractivity contribution in [1.29, 1.82) is 0 Å². The van der Waals surface area contributed by atoms with E-state index in [0.717, 1.165) is 32.2 Å². The zero-order valence-corrected chi connectivity index (χ0v) is 13.5. The minimum absolute atomic E-state index is 0.598. The van der Waals surface area contributed by atoms with Crippen molar-refractivity contribution in [3.05, 3.63) is 0 Å². The molecule has 1 N–H and O–H groups in total. The van der Waals surface area contributed by atoms with Gasteiger partial charge in [-0.05, 0) is 45.2 Å². The lowest BCUT2D eigenvalue weighted by atomic mass is 9.96. The highest BCUT2D eigenvalue weighted by molar-refractivity contribution is 4.84. The van der Waals surface area contributed by atoms with Crippen molar-refractivity contribution in [3.8, 4) is 0 Å². The molecule has 0 amide bonds. The van der Waals surface area contributed by atoms with Crippen molar-refractivity contribution in [3.63, 3.8) is 0 Å². The Balaban J connectivity index is 2.24. The molecule has 2 unspecified atom stereocenters. The van der Waals surface area contributed by atoms with Gasteiger partial charge in [0.15, 0.2) is 0 Å². The first kappa shape index (κ1) is 16.9. The second kappa shape index (κ2) is 9.73. The Bertz CT molecular complexity index is 221. The highest BCUT2D eigenvalue weighted by Crippen LogP contribution is 2.19. The van der Waals surface area contributed by atoms with Crippen molar-refractivity contribution in [2.75, 3.05) is 32.8 Å². The molecule has 0 saturated carbocycles. The van der Waals surface area contributed by atoms with Gasteiger partial charge < -0.3 is 10.1 Å². The van der Waals surface area contributed by atoms with E-state index in [4.69, 9.17) is 4.74 Å². The Kier molecular flexibility index (Phi) is 8.67. The molecule has 1 aliphatic heterocycles. The maximum atomic E-state index is 5.77. The number of hydrogen-bond acceptors (Lipinski definition) is 3.